The van der Waals surface area contributed by atoms with Gasteiger partial charge < -0.3 is 10.2 Å². The van der Waals surface area contributed by atoms with Crippen molar-refractivity contribution in [3.8, 4) is 0 Å². The van der Waals surface area contributed by atoms with Gasteiger partial charge in [0.2, 0.25) is 0 Å². The molecule has 1 aliphatic rings. The quantitative estimate of drug-likeness (QED) is 0.809. The number of likely N-dealkylation sites (N-methyl/N-ethyl adjacent to an activating group) is 2. The Kier molecular flexibility index (Phi) is 5.90. The lowest BCUT2D eigenvalue weighted by Gasteiger charge is -2.33. The maximum Gasteiger partial charge on any atom is 0.0396 e. The third-order valence-electron chi connectivity index (χ3n) is 4.69. The van der Waals surface area contributed by atoms with Gasteiger partial charge in [0.15, 0.2) is 0 Å². The molecule has 1 saturated carbocycles. The molecule has 2 rings (SSSR count). The van der Waals surface area contributed by atoms with Crippen LogP contribution in [0.15, 0.2) is 24.3 Å². The molecular formula is C18H30N2. The van der Waals surface area contributed by atoms with Crippen molar-refractivity contribution in [1.29, 1.82) is 0 Å². The molecule has 2 heteroatoms. The Hall–Kier alpha value is -1.02. The Balaban J connectivity index is 2.08. The summed E-state index contributed by atoms with van der Waals surface area (Å²) in [5.41, 5.74) is 2.78. The molecule has 1 aromatic rings. The third kappa shape index (κ3) is 3.76. The molecule has 1 aliphatic carbocycles. The molecule has 0 bridgehead atoms. The van der Waals surface area contributed by atoms with Gasteiger partial charge in [-0.2, -0.15) is 0 Å². The van der Waals surface area contributed by atoms with Crippen LogP contribution in [0.1, 0.15) is 45.1 Å². The van der Waals surface area contributed by atoms with E-state index >= 15 is 0 Å². The van der Waals surface area contributed by atoms with Gasteiger partial charge in [-0.15, -0.1) is 0 Å². The number of hydrogen-bond acceptors (Lipinski definition) is 2. The highest BCUT2D eigenvalue weighted by Crippen LogP contribution is 2.29. The van der Waals surface area contributed by atoms with Crippen molar-refractivity contribution in [2.45, 2.75) is 52.5 Å². The highest BCUT2D eigenvalue weighted by molar-refractivity contribution is 5.53. The van der Waals surface area contributed by atoms with Gasteiger partial charge in [-0.05, 0) is 50.8 Å². The maximum atomic E-state index is 3.74. The van der Waals surface area contributed by atoms with Gasteiger partial charge in [0.1, 0.15) is 0 Å². The molecule has 2 nitrogen and oxygen atoms in total. The van der Waals surface area contributed by atoms with Crippen molar-refractivity contribution in [2.24, 2.45) is 5.92 Å². The monoisotopic (exact) mass is 274 g/mol. The summed E-state index contributed by atoms with van der Waals surface area (Å²) < 4.78 is 0. The number of nitrogens with zero attached hydrogens (tertiary/aromatic N) is 1. The van der Waals surface area contributed by atoms with Gasteiger partial charge >= 0.3 is 0 Å². The van der Waals surface area contributed by atoms with E-state index < -0.39 is 0 Å². The summed E-state index contributed by atoms with van der Waals surface area (Å²) in [6.45, 7) is 10.0. The first kappa shape index (κ1) is 15.4. The molecule has 1 N–H and O–H groups in total. The van der Waals surface area contributed by atoms with Crippen LogP contribution in [-0.2, 0) is 0 Å². The molecule has 0 aliphatic heterocycles. The molecule has 1 atom stereocenters. The van der Waals surface area contributed by atoms with Gasteiger partial charge in [0.25, 0.3) is 0 Å². The van der Waals surface area contributed by atoms with Crippen LogP contribution < -0.4 is 10.2 Å². The summed E-state index contributed by atoms with van der Waals surface area (Å²) in [5, 5.41) is 3.74. The lowest BCUT2D eigenvalue weighted by atomic mass is 9.97. The number of hydrogen-bond donors (Lipinski definition) is 1. The van der Waals surface area contributed by atoms with Crippen molar-refractivity contribution < 1.29 is 0 Å². The first-order chi connectivity index (χ1) is 9.76. The summed E-state index contributed by atoms with van der Waals surface area (Å²) in [6.07, 6.45) is 5.65. The minimum absolute atomic E-state index is 0.641. The summed E-state index contributed by atoms with van der Waals surface area (Å²) in [4.78, 5) is 2.54. The summed E-state index contributed by atoms with van der Waals surface area (Å²) in [6, 6.07) is 9.41. The van der Waals surface area contributed by atoms with Gasteiger partial charge in [-0.25, -0.2) is 0 Å². The Morgan fingerprint density at radius 1 is 1.20 bits per heavy atom. The van der Waals surface area contributed by atoms with Crippen LogP contribution in [0.5, 0.6) is 0 Å². The fraction of sp³-hybridized carbons (Fsp3) is 0.667. The van der Waals surface area contributed by atoms with E-state index in [0.717, 1.165) is 25.6 Å². The zero-order chi connectivity index (χ0) is 14.4. The normalized spacial score (nSPS) is 17.4. The highest BCUT2D eigenvalue weighted by atomic mass is 15.2. The average Bonchev–Trinajstić information content (AvgIpc) is 2.98. The van der Waals surface area contributed by atoms with Crippen molar-refractivity contribution in [3.05, 3.63) is 29.8 Å². The first-order valence-corrected chi connectivity index (χ1v) is 8.30. The molecule has 1 fully saturated rings. The molecule has 0 amide bonds. The fourth-order valence-corrected chi connectivity index (χ4v) is 3.56. The average molecular weight is 274 g/mol. The first-order valence-electron chi connectivity index (χ1n) is 8.30. The minimum Gasteiger partial charge on any atom is -0.370 e. The lowest BCUT2D eigenvalue weighted by Crippen LogP contribution is -2.45. The van der Waals surface area contributed by atoms with Crippen molar-refractivity contribution in [2.75, 3.05) is 24.5 Å². The zero-order valence-electron chi connectivity index (χ0n) is 13.4. The van der Waals surface area contributed by atoms with E-state index in [1.807, 2.05) is 0 Å². The second kappa shape index (κ2) is 7.68. The van der Waals surface area contributed by atoms with E-state index in [1.165, 1.54) is 36.9 Å². The van der Waals surface area contributed by atoms with Crippen LogP contribution in [0.2, 0.25) is 0 Å². The van der Waals surface area contributed by atoms with Gasteiger partial charge in [-0.3, -0.25) is 0 Å². The Morgan fingerprint density at radius 2 is 1.90 bits per heavy atom. The number of para-hydroxylation sites is 1. The molecule has 0 heterocycles. The van der Waals surface area contributed by atoms with E-state index in [-0.39, 0.29) is 0 Å². The number of anilines is 1. The standard InChI is InChI=1S/C18H30N2/c1-4-19-17(16-11-7-8-12-16)14-20(5-2)18-13-9-6-10-15(18)3/h6,9-10,13,16-17,19H,4-5,7-8,11-12,14H2,1-3H3. The predicted molar refractivity (Wildman–Crippen MR) is 88.5 cm³/mol. The number of nitrogens with one attached hydrogen (secondary N) is 1. The molecule has 0 aromatic heterocycles. The van der Waals surface area contributed by atoms with Crippen LogP contribution in [0.4, 0.5) is 5.69 Å². The summed E-state index contributed by atoms with van der Waals surface area (Å²) >= 11 is 0. The molecular weight excluding hydrogens is 244 g/mol. The minimum atomic E-state index is 0.641. The zero-order valence-corrected chi connectivity index (χ0v) is 13.4. The van der Waals surface area contributed by atoms with E-state index in [4.69, 9.17) is 0 Å². The molecule has 0 radical (unpaired) electrons. The van der Waals surface area contributed by atoms with Gasteiger partial charge in [-0.1, -0.05) is 38.0 Å². The predicted octanol–water partition coefficient (Wildman–Crippen LogP) is 3.99. The number of aryl methyl sites for hydroxylation is 1. The van der Waals surface area contributed by atoms with Crippen molar-refractivity contribution >= 4 is 5.69 Å². The van der Waals surface area contributed by atoms with E-state index in [1.54, 1.807) is 0 Å². The van der Waals surface area contributed by atoms with Crippen molar-refractivity contribution in [1.82, 2.24) is 5.32 Å². The molecule has 112 valence electrons. The second-order valence-corrected chi connectivity index (χ2v) is 6.03. The molecule has 1 unspecified atom stereocenters. The van der Waals surface area contributed by atoms with Crippen LogP contribution >= 0.6 is 0 Å². The van der Waals surface area contributed by atoms with E-state index in [0.29, 0.717) is 6.04 Å². The second-order valence-electron chi connectivity index (χ2n) is 6.03. The van der Waals surface area contributed by atoms with E-state index in [9.17, 15) is 0 Å². The fourth-order valence-electron chi connectivity index (χ4n) is 3.56. The summed E-state index contributed by atoms with van der Waals surface area (Å²) in [5.74, 6) is 0.869. The van der Waals surface area contributed by atoms with Crippen LogP contribution in [-0.4, -0.2) is 25.7 Å². The van der Waals surface area contributed by atoms with E-state index in [2.05, 4.69) is 55.3 Å². The molecule has 20 heavy (non-hydrogen) atoms. The molecule has 0 saturated heterocycles. The van der Waals surface area contributed by atoms with Crippen LogP contribution in [0.3, 0.4) is 0 Å². The number of rotatable bonds is 7. The maximum absolute atomic E-state index is 3.74. The summed E-state index contributed by atoms with van der Waals surface area (Å²) in [7, 11) is 0. The topological polar surface area (TPSA) is 15.3 Å². The number of benzene rings is 1. The highest BCUT2D eigenvalue weighted by Gasteiger charge is 2.26. The van der Waals surface area contributed by atoms with Crippen LogP contribution in [0, 0.1) is 12.8 Å². The Bertz CT molecular complexity index is 396. The third-order valence-corrected chi connectivity index (χ3v) is 4.69. The Morgan fingerprint density at radius 3 is 2.50 bits per heavy atom. The Labute approximate surface area is 124 Å². The van der Waals surface area contributed by atoms with Crippen LogP contribution in [0.25, 0.3) is 0 Å². The van der Waals surface area contributed by atoms with Gasteiger partial charge in [0.05, 0.1) is 0 Å². The lowest BCUT2D eigenvalue weighted by molar-refractivity contribution is 0.364. The SMILES string of the molecule is CCNC(CN(CC)c1ccccc1C)C1CCCC1. The van der Waals surface area contributed by atoms with Crippen molar-refractivity contribution in [3.63, 3.8) is 0 Å². The largest absolute Gasteiger partial charge is 0.370 e. The molecule has 1 aromatic carbocycles. The smallest absolute Gasteiger partial charge is 0.0396 e. The van der Waals surface area contributed by atoms with Gasteiger partial charge in [0, 0.05) is 24.8 Å². The molecule has 0 spiro atoms.